The summed E-state index contributed by atoms with van der Waals surface area (Å²) in [7, 11) is 1.37. The Morgan fingerprint density at radius 2 is 1.57 bits per heavy atom. The molecule has 0 saturated carbocycles. The largest absolute Gasteiger partial charge is 0.424 e. The van der Waals surface area contributed by atoms with Crippen molar-refractivity contribution in [2.75, 3.05) is 4.90 Å². The molecule has 0 fully saturated rings. The molecule has 0 aliphatic rings. The van der Waals surface area contributed by atoms with Crippen LogP contribution in [0.3, 0.4) is 0 Å². The SMILES string of the molecule is CC(C)C(=O)Oc1c(C(=O)N(C(=O)C(C)C)c2ccc(C(F)(F)F)cc2)c(=O)n(C)c2cccc(Cl)c12. The third kappa shape index (κ3) is 5.39. The summed E-state index contributed by atoms with van der Waals surface area (Å²) in [5.41, 5.74) is -2.47. The number of aromatic nitrogens is 1. The number of rotatable bonds is 5. The Hall–Kier alpha value is -3.66. The Balaban J connectivity index is 2.35. The van der Waals surface area contributed by atoms with Gasteiger partial charge in [-0.1, -0.05) is 45.4 Å². The smallest absolute Gasteiger partial charge is 0.416 e. The number of esters is 1. The van der Waals surface area contributed by atoms with E-state index in [4.69, 9.17) is 16.3 Å². The number of carbonyl (C=O) groups is 3. The number of hydrogen-bond acceptors (Lipinski definition) is 5. The number of ether oxygens (including phenoxy) is 1. The van der Waals surface area contributed by atoms with Gasteiger partial charge in [-0.3, -0.25) is 19.2 Å². The third-order valence-corrected chi connectivity index (χ3v) is 5.90. The van der Waals surface area contributed by atoms with Crippen LogP contribution in [0.2, 0.25) is 5.02 Å². The van der Waals surface area contributed by atoms with Gasteiger partial charge in [-0.15, -0.1) is 0 Å². The van der Waals surface area contributed by atoms with Gasteiger partial charge in [0, 0.05) is 13.0 Å². The number of aryl methyl sites for hydroxylation is 1. The minimum Gasteiger partial charge on any atom is -0.424 e. The van der Waals surface area contributed by atoms with Crippen molar-refractivity contribution in [2.45, 2.75) is 33.9 Å². The van der Waals surface area contributed by atoms with Gasteiger partial charge < -0.3 is 9.30 Å². The van der Waals surface area contributed by atoms with Gasteiger partial charge in [-0.25, -0.2) is 4.90 Å². The predicted molar refractivity (Wildman–Crippen MR) is 133 cm³/mol. The van der Waals surface area contributed by atoms with Crippen LogP contribution in [0.25, 0.3) is 10.9 Å². The molecule has 7 nitrogen and oxygen atoms in total. The number of fused-ring (bicyclic) bond motifs is 1. The molecule has 0 aliphatic carbocycles. The van der Waals surface area contributed by atoms with Gasteiger partial charge in [0.1, 0.15) is 5.56 Å². The highest BCUT2D eigenvalue weighted by Crippen LogP contribution is 2.36. The zero-order chi connectivity index (χ0) is 27.8. The molecule has 3 rings (SSSR count). The lowest BCUT2D eigenvalue weighted by molar-refractivity contribution is -0.138. The fourth-order valence-electron chi connectivity index (χ4n) is 3.54. The first-order chi connectivity index (χ1) is 17.2. The zero-order valence-corrected chi connectivity index (χ0v) is 21.4. The number of anilines is 1. The molecule has 0 atom stereocenters. The Morgan fingerprint density at radius 1 is 0.973 bits per heavy atom. The first-order valence-electron chi connectivity index (χ1n) is 11.2. The number of pyridine rings is 1. The lowest BCUT2D eigenvalue weighted by Gasteiger charge is -2.25. The molecule has 1 aromatic heterocycles. The van der Waals surface area contributed by atoms with Gasteiger partial charge >= 0.3 is 12.1 Å². The van der Waals surface area contributed by atoms with E-state index in [-0.39, 0.29) is 21.6 Å². The average molecular weight is 537 g/mol. The maximum absolute atomic E-state index is 13.9. The van der Waals surface area contributed by atoms with Crippen LogP contribution in [0.5, 0.6) is 5.75 Å². The Morgan fingerprint density at radius 3 is 2.08 bits per heavy atom. The molecule has 2 amide bonds. The van der Waals surface area contributed by atoms with E-state index in [0.29, 0.717) is 4.90 Å². The molecule has 3 aromatic rings. The van der Waals surface area contributed by atoms with Crippen LogP contribution in [0.4, 0.5) is 18.9 Å². The second-order valence-corrected chi connectivity index (χ2v) is 9.36. The summed E-state index contributed by atoms with van der Waals surface area (Å²) < 4.78 is 45.9. The number of imide groups is 1. The lowest BCUT2D eigenvalue weighted by Crippen LogP contribution is -2.43. The van der Waals surface area contributed by atoms with Crippen LogP contribution in [0, 0.1) is 11.8 Å². The van der Waals surface area contributed by atoms with E-state index in [1.54, 1.807) is 19.9 Å². The van der Waals surface area contributed by atoms with Gasteiger partial charge in [0.05, 0.1) is 33.1 Å². The number of carbonyl (C=O) groups excluding carboxylic acids is 3. The van der Waals surface area contributed by atoms with Crippen LogP contribution < -0.4 is 15.2 Å². The number of alkyl halides is 3. The van der Waals surface area contributed by atoms with Gasteiger partial charge in [-0.05, 0) is 36.4 Å². The molecule has 0 saturated heterocycles. The van der Waals surface area contributed by atoms with Gasteiger partial charge in [0.2, 0.25) is 5.91 Å². The minimum atomic E-state index is -4.64. The number of halogens is 4. The molecule has 196 valence electrons. The fourth-order valence-corrected chi connectivity index (χ4v) is 3.79. The van der Waals surface area contributed by atoms with Gasteiger partial charge in [0.25, 0.3) is 11.5 Å². The first-order valence-corrected chi connectivity index (χ1v) is 11.6. The molecule has 0 unspecified atom stereocenters. The number of hydrogen-bond donors (Lipinski definition) is 0. The molecule has 0 radical (unpaired) electrons. The summed E-state index contributed by atoms with van der Waals surface area (Å²) >= 11 is 6.39. The van der Waals surface area contributed by atoms with Crippen LogP contribution in [-0.4, -0.2) is 22.4 Å². The van der Waals surface area contributed by atoms with E-state index < -0.39 is 58.2 Å². The fraction of sp³-hybridized carbons (Fsp3) is 0.308. The summed E-state index contributed by atoms with van der Waals surface area (Å²) in [5.74, 6) is -4.58. The molecule has 37 heavy (non-hydrogen) atoms. The van der Waals surface area contributed by atoms with Crippen LogP contribution >= 0.6 is 11.6 Å². The van der Waals surface area contributed by atoms with E-state index in [1.165, 1.54) is 33.0 Å². The van der Waals surface area contributed by atoms with Crippen molar-refractivity contribution in [3.63, 3.8) is 0 Å². The van der Waals surface area contributed by atoms with E-state index >= 15 is 0 Å². The van der Waals surface area contributed by atoms with Gasteiger partial charge in [-0.2, -0.15) is 13.2 Å². The molecule has 0 N–H and O–H groups in total. The number of nitrogens with zero attached hydrogens (tertiary/aromatic N) is 2. The van der Waals surface area contributed by atoms with Crippen molar-refractivity contribution < 1.29 is 32.3 Å². The molecule has 1 heterocycles. The third-order valence-electron chi connectivity index (χ3n) is 5.58. The van der Waals surface area contributed by atoms with E-state index in [9.17, 15) is 32.3 Å². The summed E-state index contributed by atoms with van der Waals surface area (Å²) in [6, 6.07) is 7.93. The van der Waals surface area contributed by atoms with E-state index in [2.05, 4.69) is 0 Å². The monoisotopic (exact) mass is 536 g/mol. The van der Waals surface area contributed by atoms with Crippen molar-refractivity contribution >= 4 is 46.0 Å². The second kappa shape index (κ2) is 10.4. The number of benzene rings is 2. The summed E-state index contributed by atoms with van der Waals surface area (Å²) in [5, 5.41) is 0.165. The Labute approximate surface area is 215 Å². The highest BCUT2D eigenvalue weighted by Gasteiger charge is 2.35. The molecular weight excluding hydrogens is 513 g/mol. The van der Waals surface area contributed by atoms with Crippen LogP contribution in [0.1, 0.15) is 43.6 Å². The second-order valence-electron chi connectivity index (χ2n) is 8.96. The van der Waals surface area contributed by atoms with Crippen molar-refractivity contribution in [1.82, 2.24) is 4.57 Å². The maximum Gasteiger partial charge on any atom is 0.416 e. The van der Waals surface area contributed by atoms with Crippen LogP contribution in [-0.2, 0) is 22.8 Å². The molecule has 0 bridgehead atoms. The van der Waals surface area contributed by atoms with Crippen molar-refractivity contribution in [3.8, 4) is 5.75 Å². The average Bonchev–Trinajstić information content (AvgIpc) is 2.82. The minimum absolute atomic E-state index is 0.0740. The standard InChI is InChI=1S/C26H24ClF3N2O5/c1-13(2)22(33)32(16-11-9-15(10-12-16)26(28,29)30)24(35)20-21(37-25(36)14(3)4)19-17(27)7-6-8-18(19)31(5)23(20)34/h6-14H,1-5H3. The Bertz CT molecular complexity index is 1440. The zero-order valence-electron chi connectivity index (χ0n) is 20.6. The van der Waals surface area contributed by atoms with E-state index in [0.717, 1.165) is 28.8 Å². The maximum atomic E-state index is 13.9. The van der Waals surface area contributed by atoms with Crippen molar-refractivity contribution in [1.29, 1.82) is 0 Å². The number of amides is 2. The molecule has 11 heteroatoms. The highest BCUT2D eigenvalue weighted by molar-refractivity contribution is 6.36. The molecule has 2 aromatic carbocycles. The van der Waals surface area contributed by atoms with Gasteiger partial charge in [0.15, 0.2) is 5.75 Å². The Kier molecular flexibility index (Phi) is 7.83. The first kappa shape index (κ1) is 27.9. The van der Waals surface area contributed by atoms with Crippen LogP contribution in [0.15, 0.2) is 47.3 Å². The summed E-state index contributed by atoms with van der Waals surface area (Å²) in [6.07, 6.45) is -4.64. The normalized spacial score (nSPS) is 11.8. The molecule has 0 aliphatic heterocycles. The predicted octanol–water partition coefficient (Wildman–Crippen LogP) is 5.60. The van der Waals surface area contributed by atoms with Crippen molar-refractivity contribution in [3.05, 3.63) is 69.0 Å². The quantitative estimate of drug-likeness (QED) is 0.396. The topological polar surface area (TPSA) is 85.7 Å². The summed E-state index contributed by atoms with van der Waals surface area (Å²) in [4.78, 5) is 53.7. The molecule has 0 spiro atoms. The van der Waals surface area contributed by atoms with Crippen molar-refractivity contribution in [2.24, 2.45) is 18.9 Å². The molecular formula is C26H24ClF3N2O5. The lowest BCUT2D eigenvalue weighted by atomic mass is 10.1. The summed E-state index contributed by atoms with van der Waals surface area (Å²) in [6.45, 7) is 6.07. The van der Waals surface area contributed by atoms with E-state index in [1.807, 2.05) is 0 Å². The highest BCUT2D eigenvalue weighted by atomic mass is 35.5.